The first-order chi connectivity index (χ1) is 16.9. The smallest absolute Gasteiger partial charge is 0.297 e. The largest absolute Gasteiger partial charge is 0.494 e. The molecule has 174 valence electrons. The van der Waals surface area contributed by atoms with Gasteiger partial charge in [0.15, 0.2) is 10.6 Å². The lowest BCUT2D eigenvalue weighted by Gasteiger charge is -2.22. The van der Waals surface area contributed by atoms with Crippen LogP contribution in [-0.2, 0) is 0 Å². The quantitative estimate of drug-likeness (QED) is 0.312. The number of thiazole rings is 1. The van der Waals surface area contributed by atoms with Gasteiger partial charge < -0.3 is 9.15 Å². The average Bonchev–Trinajstić information content (AvgIpc) is 3.38. The third-order valence-corrected chi connectivity index (χ3v) is 7.10. The van der Waals surface area contributed by atoms with Crippen molar-refractivity contribution in [1.82, 2.24) is 4.98 Å². The van der Waals surface area contributed by atoms with Crippen LogP contribution in [0.15, 0.2) is 69.9 Å². The topological polar surface area (TPSA) is 72.6 Å². The van der Waals surface area contributed by atoms with Gasteiger partial charge in [-0.25, -0.2) is 9.37 Å². The summed E-state index contributed by atoms with van der Waals surface area (Å²) in [4.78, 5) is 33.5. The van der Waals surface area contributed by atoms with Crippen molar-refractivity contribution < 1.29 is 18.3 Å². The Balaban J connectivity index is 1.60. The molecule has 6 nitrogen and oxygen atoms in total. The molecule has 0 radical (unpaired) electrons. The van der Waals surface area contributed by atoms with E-state index in [-0.39, 0.29) is 22.6 Å². The highest BCUT2D eigenvalue weighted by molar-refractivity contribution is 7.22. The van der Waals surface area contributed by atoms with Crippen LogP contribution in [0.4, 0.5) is 9.52 Å². The molecule has 0 saturated carbocycles. The lowest BCUT2D eigenvalue weighted by molar-refractivity contribution is 0.0971. The molecule has 1 aliphatic rings. The molecule has 8 heteroatoms. The van der Waals surface area contributed by atoms with E-state index in [0.29, 0.717) is 44.2 Å². The average molecular weight is 487 g/mol. The number of nitrogens with zero attached hydrogens (tertiary/aromatic N) is 2. The molecule has 0 bridgehead atoms. The summed E-state index contributed by atoms with van der Waals surface area (Å²) in [6, 6.07) is 16.1. The van der Waals surface area contributed by atoms with E-state index >= 15 is 0 Å². The molecular formula is C27H19FN2O4S. The summed E-state index contributed by atoms with van der Waals surface area (Å²) in [6.07, 6.45) is 0. The van der Waals surface area contributed by atoms with E-state index in [1.807, 2.05) is 32.0 Å². The molecule has 3 aromatic carbocycles. The number of hydrogen-bond acceptors (Lipinski definition) is 6. The zero-order chi connectivity index (χ0) is 24.3. The van der Waals surface area contributed by atoms with E-state index in [4.69, 9.17) is 9.15 Å². The fraction of sp³-hybridized carbons (Fsp3) is 0.148. The Bertz CT molecular complexity index is 1690. The fourth-order valence-corrected chi connectivity index (χ4v) is 5.52. The second kappa shape index (κ2) is 8.02. The Kier molecular flexibility index (Phi) is 4.93. The van der Waals surface area contributed by atoms with Gasteiger partial charge in [-0.05, 0) is 61.9 Å². The Morgan fingerprint density at radius 2 is 1.89 bits per heavy atom. The van der Waals surface area contributed by atoms with Gasteiger partial charge in [0.1, 0.15) is 17.1 Å². The Hall–Kier alpha value is -4.04. The Morgan fingerprint density at radius 1 is 1.09 bits per heavy atom. The number of carbonyl (C=O) groups excluding carboxylic acids is 1. The molecule has 1 atom stereocenters. The maximum Gasteiger partial charge on any atom is 0.297 e. The van der Waals surface area contributed by atoms with Gasteiger partial charge in [-0.1, -0.05) is 35.1 Å². The first-order valence-electron chi connectivity index (χ1n) is 11.1. The predicted octanol–water partition coefficient (Wildman–Crippen LogP) is 6.00. The summed E-state index contributed by atoms with van der Waals surface area (Å²) in [5.41, 5.74) is 2.56. The van der Waals surface area contributed by atoms with E-state index in [0.717, 1.165) is 5.56 Å². The number of benzene rings is 3. The number of fused-ring (bicyclic) bond motifs is 3. The number of carbonyl (C=O) groups is 1. The van der Waals surface area contributed by atoms with Gasteiger partial charge >= 0.3 is 0 Å². The van der Waals surface area contributed by atoms with Gasteiger partial charge in [0, 0.05) is 0 Å². The van der Waals surface area contributed by atoms with Gasteiger partial charge in [0.05, 0.1) is 33.8 Å². The van der Waals surface area contributed by atoms with E-state index < -0.39 is 11.9 Å². The Morgan fingerprint density at radius 3 is 2.66 bits per heavy atom. The molecule has 6 rings (SSSR count). The van der Waals surface area contributed by atoms with E-state index in [9.17, 15) is 14.0 Å². The van der Waals surface area contributed by atoms with Gasteiger partial charge in [-0.3, -0.25) is 14.5 Å². The minimum absolute atomic E-state index is 0.00401. The van der Waals surface area contributed by atoms with Gasteiger partial charge in [-0.15, -0.1) is 0 Å². The van der Waals surface area contributed by atoms with Crippen molar-refractivity contribution in [3.05, 3.63) is 99.2 Å². The van der Waals surface area contributed by atoms with Crippen LogP contribution in [0.5, 0.6) is 5.75 Å². The summed E-state index contributed by atoms with van der Waals surface area (Å²) in [6.45, 7) is 4.32. The molecule has 1 amide bonds. The summed E-state index contributed by atoms with van der Waals surface area (Å²) in [5.74, 6) is -0.164. The van der Waals surface area contributed by atoms with Crippen LogP contribution in [0.3, 0.4) is 0 Å². The number of ether oxygens (including phenoxy) is 1. The van der Waals surface area contributed by atoms with Gasteiger partial charge in [0.2, 0.25) is 5.76 Å². The highest BCUT2D eigenvalue weighted by Crippen LogP contribution is 2.44. The molecule has 2 aromatic heterocycles. The van der Waals surface area contributed by atoms with E-state index in [2.05, 4.69) is 4.98 Å². The van der Waals surface area contributed by atoms with Crippen molar-refractivity contribution in [3.63, 3.8) is 0 Å². The van der Waals surface area contributed by atoms with Crippen LogP contribution in [0.2, 0.25) is 0 Å². The monoisotopic (exact) mass is 486 g/mol. The number of rotatable bonds is 4. The lowest BCUT2D eigenvalue weighted by atomic mass is 9.98. The molecular weight excluding hydrogens is 467 g/mol. The van der Waals surface area contributed by atoms with E-state index in [1.54, 1.807) is 30.3 Å². The number of anilines is 1. The molecule has 3 heterocycles. The van der Waals surface area contributed by atoms with Crippen molar-refractivity contribution in [2.24, 2.45) is 0 Å². The first-order valence-corrected chi connectivity index (χ1v) is 12.0. The molecule has 0 N–H and O–H groups in total. The van der Waals surface area contributed by atoms with Crippen LogP contribution in [0, 0.1) is 12.7 Å². The second-order valence-corrected chi connectivity index (χ2v) is 9.37. The molecule has 1 unspecified atom stereocenters. The molecule has 1 aliphatic heterocycles. The van der Waals surface area contributed by atoms with Crippen molar-refractivity contribution in [1.29, 1.82) is 0 Å². The number of hydrogen-bond donors (Lipinski definition) is 0. The minimum Gasteiger partial charge on any atom is -0.494 e. The standard InChI is InChI=1S/C27H19FN2O4S/c1-3-33-17-8-5-15(6-9-17)23-22-24(31)18-12-14(2)4-11-20(18)34-25(22)26(32)30(23)27-29-19-10-7-16(28)13-21(19)35-27/h4-13,23H,3H2,1-2H3. The van der Waals surface area contributed by atoms with Gasteiger partial charge in [0.25, 0.3) is 5.91 Å². The summed E-state index contributed by atoms with van der Waals surface area (Å²) >= 11 is 1.19. The summed E-state index contributed by atoms with van der Waals surface area (Å²) in [5, 5.41) is 0.779. The summed E-state index contributed by atoms with van der Waals surface area (Å²) < 4.78 is 26.0. The fourth-order valence-electron chi connectivity index (χ4n) is 4.50. The lowest BCUT2D eigenvalue weighted by Crippen LogP contribution is -2.29. The molecule has 0 fully saturated rings. The minimum atomic E-state index is -0.750. The molecule has 35 heavy (non-hydrogen) atoms. The normalized spacial score (nSPS) is 15.2. The zero-order valence-corrected chi connectivity index (χ0v) is 19.7. The second-order valence-electron chi connectivity index (χ2n) is 8.36. The number of aryl methyl sites for hydroxylation is 1. The predicted molar refractivity (Wildman–Crippen MR) is 133 cm³/mol. The van der Waals surface area contributed by atoms with Crippen LogP contribution >= 0.6 is 11.3 Å². The first kappa shape index (κ1) is 21.5. The van der Waals surface area contributed by atoms with Crippen molar-refractivity contribution in [2.45, 2.75) is 19.9 Å². The van der Waals surface area contributed by atoms with Crippen LogP contribution < -0.4 is 15.1 Å². The van der Waals surface area contributed by atoms with Crippen LogP contribution in [0.1, 0.15) is 40.2 Å². The van der Waals surface area contributed by atoms with Crippen molar-refractivity contribution in [3.8, 4) is 5.75 Å². The molecule has 0 spiro atoms. The summed E-state index contributed by atoms with van der Waals surface area (Å²) in [7, 11) is 0. The highest BCUT2D eigenvalue weighted by atomic mass is 32.1. The third-order valence-electron chi connectivity index (χ3n) is 6.08. The Labute approximate surface area is 203 Å². The maximum atomic E-state index is 13.8. The van der Waals surface area contributed by atoms with Crippen LogP contribution in [0.25, 0.3) is 21.2 Å². The maximum absolute atomic E-state index is 13.8. The van der Waals surface area contributed by atoms with Crippen molar-refractivity contribution in [2.75, 3.05) is 11.5 Å². The zero-order valence-electron chi connectivity index (χ0n) is 18.9. The third kappa shape index (κ3) is 3.40. The number of aromatic nitrogens is 1. The highest BCUT2D eigenvalue weighted by Gasteiger charge is 2.45. The SMILES string of the molecule is CCOc1ccc(C2c3c(oc4ccc(C)cc4c3=O)C(=O)N2c2nc3ccc(F)cc3s2)cc1. The molecule has 0 aliphatic carbocycles. The number of halogens is 1. The van der Waals surface area contributed by atoms with E-state index in [1.165, 1.54) is 28.4 Å². The van der Waals surface area contributed by atoms with Gasteiger partial charge in [-0.2, -0.15) is 0 Å². The number of amides is 1. The van der Waals surface area contributed by atoms with Crippen LogP contribution in [-0.4, -0.2) is 17.5 Å². The molecule has 0 saturated heterocycles. The molecule has 5 aromatic rings. The van der Waals surface area contributed by atoms with Crippen molar-refractivity contribution >= 4 is 43.6 Å².